The molecule has 0 spiro atoms. The zero-order chi connectivity index (χ0) is 17.9. The molecular formula is C19H28N2O4. The maximum Gasteiger partial charge on any atom is 0.317 e. The van der Waals surface area contributed by atoms with Crippen molar-refractivity contribution >= 4 is 6.03 Å². The van der Waals surface area contributed by atoms with Crippen LogP contribution in [0.2, 0.25) is 0 Å². The van der Waals surface area contributed by atoms with E-state index < -0.39 is 0 Å². The van der Waals surface area contributed by atoms with E-state index in [0.29, 0.717) is 26.2 Å². The van der Waals surface area contributed by atoms with Gasteiger partial charge in [0.1, 0.15) is 5.75 Å². The maximum atomic E-state index is 12.5. The van der Waals surface area contributed by atoms with E-state index >= 15 is 0 Å². The number of hydrogen-bond acceptors (Lipinski definition) is 4. The van der Waals surface area contributed by atoms with E-state index in [-0.39, 0.29) is 23.5 Å². The lowest BCUT2D eigenvalue weighted by molar-refractivity contribution is 0.0379. The van der Waals surface area contributed by atoms with E-state index in [1.54, 1.807) is 19.1 Å². The molecule has 25 heavy (non-hydrogen) atoms. The zero-order valence-electron chi connectivity index (χ0n) is 15.1. The van der Waals surface area contributed by atoms with Crippen LogP contribution in [0.5, 0.6) is 5.75 Å². The number of ether oxygens (including phenoxy) is 2. The first-order chi connectivity index (χ1) is 12.1. The molecule has 2 fully saturated rings. The summed E-state index contributed by atoms with van der Waals surface area (Å²) in [4.78, 5) is 14.3. The number of carbonyl (C=O) groups is 1. The molecular weight excluding hydrogens is 320 g/mol. The van der Waals surface area contributed by atoms with Gasteiger partial charge in [0, 0.05) is 37.6 Å². The van der Waals surface area contributed by atoms with Crippen LogP contribution in [-0.2, 0) is 10.2 Å². The Hall–Kier alpha value is -1.79. The normalized spacial score (nSPS) is 24.2. The fourth-order valence-corrected chi connectivity index (χ4v) is 3.74. The van der Waals surface area contributed by atoms with Gasteiger partial charge in [-0.2, -0.15) is 0 Å². The predicted octanol–water partition coefficient (Wildman–Crippen LogP) is 1.77. The molecule has 1 aliphatic carbocycles. The van der Waals surface area contributed by atoms with Crippen molar-refractivity contribution in [1.29, 1.82) is 0 Å². The smallest absolute Gasteiger partial charge is 0.317 e. The fraction of sp³-hybridized carbons (Fsp3) is 0.632. The average Bonchev–Trinajstić information content (AvgIpc) is 3.33. The largest absolute Gasteiger partial charge is 0.497 e. The van der Waals surface area contributed by atoms with Crippen LogP contribution >= 0.6 is 0 Å². The Kier molecular flexibility index (Phi) is 5.20. The highest BCUT2D eigenvalue weighted by atomic mass is 16.5. The second-order valence-electron chi connectivity index (χ2n) is 7.43. The molecule has 1 saturated carbocycles. The molecule has 3 rings (SSSR count). The highest BCUT2D eigenvalue weighted by Gasteiger charge is 2.45. The van der Waals surface area contributed by atoms with Crippen LogP contribution in [0.25, 0.3) is 0 Å². The second-order valence-corrected chi connectivity index (χ2v) is 7.43. The van der Waals surface area contributed by atoms with E-state index in [0.717, 1.165) is 25.0 Å². The number of amides is 2. The van der Waals surface area contributed by atoms with Gasteiger partial charge < -0.3 is 24.8 Å². The summed E-state index contributed by atoms with van der Waals surface area (Å²) in [5.74, 6) is 0.849. The third-order valence-corrected chi connectivity index (χ3v) is 5.63. The van der Waals surface area contributed by atoms with Crippen molar-refractivity contribution in [2.75, 3.05) is 47.1 Å². The van der Waals surface area contributed by atoms with Crippen LogP contribution in [0.15, 0.2) is 24.3 Å². The molecule has 2 amide bonds. The number of aliphatic hydroxyl groups excluding tert-OH is 1. The molecule has 1 atom stereocenters. The zero-order valence-corrected chi connectivity index (χ0v) is 15.1. The summed E-state index contributed by atoms with van der Waals surface area (Å²) in [7, 11) is 3.30. The molecule has 1 aliphatic heterocycles. The van der Waals surface area contributed by atoms with Crippen LogP contribution < -0.4 is 10.1 Å². The van der Waals surface area contributed by atoms with Gasteiger partial charge in [-0.1, -0.05) is 12.1 Å². The van der Waals surface area contributed by atoms with Crippen LogP contribution in [0.3, 0.4) is 0 Å². The molecule has 0 bridgehead atoms. The molecule has 2 N–H and O–H groups in total. The van der Waals surface area contributed by atoms with E-state index in [4.69, 9.17) is 9.47 Å². The number of benzene rings is 1. The number of rotatable bonds is 7. The Bertz CT molecular complexity index is 617. The van der Waals surface area contributed by atoms with Crippen LogP contribution in [0.1, 0.15) is 24.8 Å². The van der Waals surface area contributed by atoms with Gasteiger partial charge in [0.05, 0.1) is 20.3 Å². The topological polar surface area (TPSA) is 71.0 Å². The Morgan fingerprint density at radius 3 is 2.76 bits per heavy atom. The summed E-state index contributed by atoms with van der Waals surface area (Å²) < 4.78 is 10.5. The van der Waals surface area contributed by atoms with Crippen molar-refractivity contribution in [3.05, 3.63) is 29.8 Å². The van der Waals surface area contributed by atoms with Gasteiger partial charge in [-0.25, -0.2) is 4.79 Å². The molecule has 1 heterocycles. The molecule has 6 nitrogen and oxygen atoms in total. The lowest BCUT2D eigenvalue weighted by atomic mass is 9.89. The van der Waals surface area contributed by atoms with Crippen LogP contribution in [-0.4, -0.2) is 63.1 Å². The molecule has 6 heteroatoms. The highest BCUT2D eigenvalue weighted by Crippen LogP contribution is 2.48. The first kappa shape index (κ1) is 18.0. The minimum Gasteiger partial charge on any atom is -0.497 e. The van der Waals surface area contributed by atoms with Gasteiger partial charge in [0.15, 0.2) is 0 Å². The number of nitrogens with zero attached hydrogens (tertiary/aromatic N) is 1. The monoisotopic (exact) mass is 348 g/mol. The summed E-state index contributed by atoms with van der Waals surface area (Å²) >= 11 is 0. The number of methoxy groups -OCH3 is 2. The van der Waals surface area contributed by atoms with E-state index in [2.05, 4.69) is 17.4 Å². The Labute approximate surface area is 149 Å². The maximum absolute atomic E-state index is 12.5. The number of likely N-dealkylation sites (tertiary alicyclic amines) is 1. The molecule has 1 unspecified atom stereocenters. The van der Waals surface area contributed by atoms with Crippen molar-refractivity contribution in [2.45, 2.75) is 24.7 Å². The summed E-state index contributed by atoms with van der Waals surface area (Å²) in [6.07, 6.45) is 2.92. The quantitative estimate of drug-likeness (QED) is 0.788. The van der Waals surface area contributed by atoms with Gasteiger partial charge >= 0.3 is 6.03 Å². The third kappa shape index (κ3) is 3.75. The number of urea groups is 1. The summed E-state index contributed by atoms with van der Waals surface area (Å²) in [6.45, 7) is 2.34. The average molecular weight is 348 g/mol. The molecule has 0 aromatic heterocycles. The van der Waals surface area contributed by atoms with Crippen molar-refractivity contribution in [3.8, 4) is 5.75 Å². The van der Waals surface area contributed by atoms with Crippen molar-refractivity contribution in [1.82, 2.24) is 10.2 Å². The predicted molar refractivity (Wildman–Crippen MR) is 94.9 cm³/mol. The van der Waals surface area contributed by atoms with Gasteiger partial charge in [-0.15, -0.1) is 0 Å². The first-order valence-corrected chi connectivity index (χ1v) is 8.84. The molecule has 1 aromatic carbocycles. The molecule has 1 saturated heterocycles. The highest BCUT2D eigenvalue weighted by molar-refractivity contribution is 5.75. The van der Waals surface area contributed by atoms with Crippen LogP contribution in [0, 0.1) is 5.41 Å². The van der Waals surface area contributed by atoms with Crippen molar-refractivity contribution < 1.29 is 19.4 Å². The van der Waals surface area contributed by atoms with Gasteiger partial charge in [0.25, 0.3) is 0 Å². The Morgan fingerprint density at radius 1 is 1.32 bits per heavy atom. The number of carbonyl (C=O) groups excluding carboxylic acids is 1. The number of aliphatic hydroxyl groups is 1. The SMILES string of the molecule is COCC1(CO)CCN(C(=O)NCC2(c3cccc(OC)c3)CC2)C1. The van der Waals surface area contributed by atoms with Crippen molar-refractivity contribution in [3.63, 3.8) is 0 Å². The molecule has 0 radical (unpaired) electrons. The second kappa shape index (κ2) is 7.22. The van der Waals surface area contributed by atoms with Gasteiger partial charge in [0.2, 0.25) is 0 Å². The fourth-order valence-electron chi connectivity index (χ4n) is 3.74. The Morgan fingerprint density at radius 2 is 2.12 bits per heavy atom. The third-order valence-electron chi connectivity index (χ3n) is 5.63. The molecule has 138 valence electrons. The summed E-state index contributed by atoms with van der Waals surface area (Å²) in [5, 5.41) is 12.8. The summed E-state index contributed by atoms with van der Waals surface area (Å²) in [5.41, 5.74) is 0.929. The lowest BCUT2D eigenvalue weighted by Crippen LogP contribution is -2.44. The van der Waals surface area contributed by atoms with Gasteiger partial charge in [-0.05, 0) is 37.0 Å². The number of nitrogens with one attached hydrogen (secondary N) is 1. The van der Waals surface area contributed by atoms with Gasteiger partial charge in [-0.3, -0.25) is 0 Å². The number of hydrogen-bond donors (Lipinski definition) is 2. The van der Waals surface area contributed by atoms with Crippen LogP contribution in [0.4, 0.5) is 4.79 Å². The lowest BCUT2D eigenvalue weighted by Gasteiger charge is -2.26. The van der Waals surface area contributed by atoms with E-state index in [1.807, 2.05) is 12.1 Å². The first-order valence-electron chi connectivity index (χ1n) is 8.84. The molecule has 1 aromatic rings. The molecule has 2 aliphatic rings. The van der Waals surface area contributed by atoms with E-state index in [9.17, 15) is 9.90 Å². The standard InChI is InChI=1S/C19H28N2O4/c1-24-14-18(13-22)8-9-21(12-18)17(23)20-11-19(6-7-19)15-4-3-5-16(10-15)25-2/h3-5,10,22H,6-9,11-14H2,1-2H3,(H,20,23). The van der Waals surface area contributed by atoms with E-state index in [1.165, 1.54) is 5.56 Å². The Balaban J connectivity index is 1.57. The summed E-state index contributed by atoms with van der Waals surface area (Å²) in [6, 6.07) is 8.04. The van der Waals surface area contributed by atoms with Crippen molar-refractivity contribution in [2.24, 2.45) is 5.41 Å². The minimum absolute atomic E-state index is 0.0323. The minimum atomic E-state index is -0.323.